The van der Waals surface area contributed by atoms with Crippen LogP contribution in [0.1, 0.15) is 24.1 Å². The molecule has 0 spiro atoms. The van der Waals surface area contributed by atoms with Crippen LogP contribution in [0, 0.1) is 6.92 Å². The van der Waals surface area contributed by atoms with Crippen LogP contribution < -0.4 is 5.32 Å². The number of aromatic nitrogens is 3. The van der Waals surface area contributed by atoms with E-state index in [2.05, 4.69) is 50.6 Å². The standard InChI is InChI=1S/C13H15BrN4/c1-9-6-10(14)2-5-13(9)18-12(8-16-17-18)7-15-11-3-4-11/h2,5-6,8,11,15H,3-4,7H2,1H3. The third-order valence-corrected chi connectivity index (χ3v) is 3.65. The zero-order valence-electron chi connectivity index (χ0n) is 10.2. The van der Waals surface area contributed by atoms with E-state index < -0.39 is 0 Å². The maximum Gasteiger partial charge on any atom is 0.0783 e. The van der Waals surface area contributed by atoms with Crippen molar-refractivity contribution in [2.75, 3.05) is 0 Å². The van der Waals surface area contributed by atoms with E-state index in [-0.39, 0.29) is 0 Å². The van der Waals surface area contributed by atoms with Crippen LogP contribution in [0.4, 0.5) is 0 Å². The quantitative estimate of drug-likeness (QED) is 0.944. The average Bonchev–Trinajstić information content (AvgIpc) is 3.06. The smallest absolute Gasteiger partial charge is 0.0783 e. The number of rotatable bonds is 4. The molecule has 1 aromatic carbocycles. The minimum atomic E-state index is 0.694. The molecule has 0 atom stereocenters. The molecule has 1 fully saturated rings. The Labute approximate surface area is 115 Å². The number of aryl methyl sites for hydroxylation is 1. The van der Waals surface area contributed by atoms with E-state index in [4.69, 9.17) is 0 Å². The average molecular weight is 307 g/mol. The van der Waals surface area contributed by atoms with E-state index in [1.54, 1.807) is 0 Å². The van der Waals surface area contributed by atoms with Gasteiger partial charge < -0.3 is 5.32 Å². The summed E-state index contributed by atoms with van der Waals surface area (Å²) in [6.07, 6.45) is 4.41. The molecule has 1 saturated carbocycles. The van der Waals surface area contributed by atoms with Crippen LogP contribution in [-0.4, -0.2) is 21.0 Å². The zero-order valence-corrected chi connectivity index (χ0v) is 11.8. The summed E-state index contributed by atoms with van der Waals surface area (Å²) in [5, 5.41) is 11.7. The first-order valence-electron chi connectivity index (χ1n) is 6.13. The van der Waals surface area contributed by atoms with Gasteiger partial charge in [0.15, 0.2) is 0 Å². The first-order chi connectivity index (χ1) is 8.74. The third-order valence-electron chi connectivity index (χ3n) is 3.16. The van der Waals surface area contributed by atoms with Crippen molar-refractivity contribution in [1.29, 1.82) is 0 Å². The number of nitrogens with zero attached hydrogens (tertiary/aromatic N) is 3. The van der Waals surface area contributed by atoms with E-state index in [1.165, 1.54) is 18.4 Å². The van der Waals surface area contributed by atoms with Crippen LogP contribution in [-0.2, 0) is 6.54 Å². The van der Waals surface area contributed by atoms with Gasteiger partial charge in [0.1, 0.15) is 0 Å². The summed E-state index contributed by atoms with van der Waals surface area (Å²) in [4.78, 5) is 0. The summed E-state index contributed by atoms with van der Waals surface area (Å²) < 4.78 is 3.00. The first kappa shape index (κ1) is 11.9. The van der Waals surface area contributed by atoms with Crippen molar-refractivity contribution in [3.8, 4) is 5.69 Å². The van der Waals surface area contributed by atoms with Crippen molar-refractivity contribution in [2.45, 2.75) is 32.4 Å². The monoisotopic (exact) mass is 306 g/mol. The van der Waals surface area contributed by atoms with Gasteiger partial charge in [-0.3, -0.25) is 0 Å². The lowest BCUT2D eigenvalue weighted by molar-refractivity contribution is 0.646. The topological polar surface area (TPSA) is 42.7 Å². The van der Waals surface area contributed by atoms with Crippen molar-refractivity contribution in [1.82, 2.24) is 20.3 Å². The molecule has 2 aromatic rings. The highest BCUT2D eigenvalue weighted by molar-refractivity contribution is 9.10. The summed E-state index contributed by atoms with van der Waals surface area (Å²) in [5.41, 5.74) is 3.37. The second-order valence-corrected chi connectivity index (χ2v) is 5.64. The van der Waals surface area contributed by atoms with E-state index in [1.807, 2.05) is 16.9 Å². The van der Waals surface area contributed by atoms with Crippen LogP contribution in [0.5, 0.6) is 0 Å². The maximum atomic E-state index is 4.19. The van der Waals surface area contributed by atoms with E-state index in [0.717, 1.165) is 22.4 Å². The number of hydrogen-bond donors (Lipinski definition) is 1. The summed E-state index contributed by atoms with van der Waals surface area (Å²) >= 11 is 3.48. The van der Waals surface area contributed by atoms with E-state index in [9.17, 15) is 0 Å². The molecule has 18 heavy (non-hydrogen) atoms. The molecule has 1 aromatic heterocycles. The van der Waals surface area contributed by atoms with Crippen LogP contribution in [0.15, 0.2) is 28.9 Å². The molecule has 1 aliphatic rings. The molecule has 1 N–H and O–H groups in total. The molecule has 0 aliphatic heterocycles. The normalized spacial score (nSPS) is 15.0. The molecular formula is C13H15BrN4. The number of halogens is 1. The lowest BCUT2D eigenvalue weighted by Crippen LogP contribution is -2.18. The van der Waals surface area contributed by atoms with Crippen molar-refractivity contribution >= 4 is 15.9 Å². The maximum absolute atomic E-state index is 4.19. The summed E-state index contributed by atoms with van der Waals surface area (Å²) in [5.74, 6) is 0. The molecular weight excluding hydrogens is 292 g/mol. The minimum Gasteiger partial charge on any atom is -0.308 e. The van der Waals surface area contributed by atoms with Gasteiger partial charge in [-0.15, -0.1) is 5.10 Å². The molecule has 0 bridgehead atoms. The van der Waals surface area contributed by atoms with Crippen LogP contribution in [0.2, 0.25) is 0 Å². The van der Waals surface area contributed by atoms with Gasteiger partial charge in [0, 0.05) is 17.1 Å². The summed E-state index contributed by atoms with van der Waals surface area (Å²) in [7, 11) is 0. The molecule has 94 valence electrons. The lowest BCUT2D eigenvalue weighted by Gasteiger charge is -2.10. The zero-order chi connectivity index (χ0) is 12.5. The van der Waals surface area contributed by atoms with Crippen LogP contribution >= 0.6 is 15.9 Å². The predicted octanol–water partition coefficient (Wildman–Crippen LogP) is 2.59. The van der Waals surface area contributed by atoms with Gasteiger partial charge >= 0.3 is 0 Å². The SMILES string of the molecule is Cc1cc(Br)ccc1-n1nncc1CNC1CC1. The second kappa shape index (κ2) is 4.82. The molecule has 0 unspecified atom stereocenters. The Hall–Kier alpha value is -1.20. The highest BCUT2D eigenvalue weighted by Crippen LogP contribution is 2.21. The van der Waals surface area contributed by atoms with Gasteiger partial charge in [-0.2, -0.15) is 0 Å². The van der Waals surface area contributed by atoms with Gasteiger partial charge in [-0.05, 0) is 43.5 Å². The highest BCUT2D eigenvalue weighted by atomic mass is 79.9. The minimum absolute atomic E-state index is 0.694. The van der Waals surface area contributed by atoms with Crippen molar-refractivity contribution in [3.05, 3.63) is 40.1 Å². The Bertz CT molecular complexity index is 560. The van der Waals surface area contributed by atoms with Gasteiger partial charge in [0.2, 0.25) is 0 Å². The number of hydrogen-bond acceptors (Lipinski definition) is 3. The fraction of sp³-hybridized carbons (Fsp3) is 0.385. The fourth-order valence-electron chi connectivity index (χ4n) is 1.97. The second-order valence-electron chi connectivity index (χ2n) is 4.72. The Balaban J connectivity index is 1.88. The summed E-state index contributed by atoms with van der Waals surface area (Å²) in [6.45, 7) is 2.91. The third kappa shape index (κ3) is 2.47. The van der Waals surface area contributed by atoms with Gasteiger partial charge in [-0.1, -0.05) is 21.1 Å². The molecule has 0 amide bonds. The van der Waals surface area contributed by atoms with Crippen molar-refractivity contribution < 1.29 is 0 Å². The number of benzene rings is 1. The Morgan fingerprint density at radius 2 is 2.28 bits per heavy atom. The van der Waals surface area contributed by atoms with E-state index >= 15 is 0 Å². The Morgan fingerprint density at radius 1 is 1.44 bits per heavy atom. The molecule has 1 heterocycles. The van der Waals surface area contributed by atoms with Gasteiger partial charge in [-0.25, -0.2) is 4.68 Å². The van der Waals surface area contributed by atoms with Crippen LogP contribution in [0.25, 0.3) is 5.69 Å². The molecule has 0 radical (unpaired) electrons. The van der Waals surface area contributed by atoms with Crippen LogP contribution in [0.3, 0.4) is 0 Å². The highest BCUT2D eigenvalue weighted by Gasteiger charge is 2.21. The van der Waals surface area contributed by atoms with Gasteiger partial charge in [0.05, 0.1) is 17.6 Å². The molecule has 3 rings (SSSR count). The Morgan fingerprint density at radius 3 is 3.00 bits per heavy atom. The first-order valence-corrected chi connectivity index (χ1v) is 6.93. The predicted molar refractivity (Wildman–Crippen MR) is 73.7 cm³/mol. The molecule has 0 saturated heterocycles. The van der Waals surface area contributed by atoms with Gasteiger partial charge in [0.25, 0.3) is 0 Å². The Kier molecular flexibility index (Phi) is 3.18. The molecule has 1 aliphatic carbocycles. The molecule has 4 nitrogen and oxygen atoms in total. The van der Waals surface area contributed by atoms with Crippen molar-refractivity contribution in [3.63, 3.8) is 0 Å². The van der Waals surface area contributed by atoms with Crippen molar-refractivity contribution in [2.24, 2.45) is 0 Å². The number of nitrogens with one attached hydrogen (secondary N) is 1. The largest absolute Gasteiger partial charge is 0.308 e. The molecule has 5 heteroatoms. The lowest BCUT2D eigenvalue weighted by atomic mass is 10.2. The summed E-state index contributed by atoms with van der Waals surface area (Å²) in [6, 6.07) is 6.88. The van der Waals surface area contributed by atoms with E-state index in [0.29, 0.717) is 6.04 Å². The fourth-order valence-corrected chi connectivity index (χ4v) is 2.45.